The molecule has 0 fully saturated rings. The van der Waals surface area contributed by atoms with Crippen molar-refractivity contribution < 1.29 is 0 Å². The molecule has 556 valence electrons. The molecule has 0 unspecified atom stereocenters. The fourth-order valence-corrected chi connectivity index (χ4v) is 22.2. The van der Waals surface area contributed by atoms with Crippen molar-refractivity contribution in [3.63, 3.8) is 0 Å². The van der Waals surface area contributed by atoms with E-state index in [9.17, 15) is 0 Å². The maximum Gasteiger partial charge on any atom is 0.0742 e. The van der Waals surface area contributed by atoms with E-state index < -0.39 is 10.8 Å². The number of hydrogen-bond donors (Lipinski definition) is 0. The molecule has 22 aromatic carbocycles. The number of benzene rings is 22. The summed E-state index contributed by atoms with van der Waals surface area (Å²) in [6.07, 6.45) is 0. The summed E-state index contributed by atoms with van der Waals surface area (Å²) < 4.78 is 5.07. The second kappa shape index (κ2) is 25.4. The summed E-state index contributed by atoms with van der Waals surface area (Å²) in [4.78, 5) is 5.19. The first-order valence-electron chi connectivity index (χ1n) is 41.8. The Morgan fingerprint density at radius 3 is 0.683 bits per heavy atom. The van der Waals surface area contributed by atoms with Gasteiger partial charge in [-0.05, 0) is 251 Å². The van der Waals surface area contributed by atoms with E-state index in [-0.39, 0.29) is 0 Å². The summed E-state index contributed by atoms with van der Waals surface area (Å²) in [7, 11) is 0. The van der Waals surface area contributed by atoms with E-state index in [1.807, 2.05) is 0 Å². The highest BCUT2D eigenvalue weighted by molar-refractivity contribution is 6.32. The predicted octanol–water partition coefficient (Wildman–Crippen LogP) is 30.6. The second-order valence-electron chi connectivity index (χ2n) is 32.8. The molecule has 0 aliphatic carbocycles. The van der Waals surface area contributed by atoms with Crippen LogP contribution in [0.25, 0.3) is 152 Å². The number of hydrogen-bond acceptors (Lipinski definition) is 2. The van der Waals surface area contributed by atoms with Gasteiger partial charge in [-0.2, -0.15) is 0 Å². The van der Waals surface area contributed by atoms with Crippen LogP contribution in [0.2, 0.25) is 0 Å². The van der Waals surface area contributed by atoms with E-state index in [0.717, 1.165) is 67.6 Å². The third kappa shape index (κ3) is 9.14. The van der Waals surface area contributed by atoms with Crippen molar-refractivity contribution >= 4 is 175 Å². The molecule has 24 aromatic rings. The molecule has 120 heavy (non-hydrogen) atoms. The summed E-state index contributed by atoms with van der Waals surface area (Å²) >= 11 is 0. The van der Waals surface area contributed by atoms with Crippen LogP contribution in [0.4, 0.5) is 34.1 Å². The quantitative estimate of drug-likeness (QED) is 0.141. The van der Waals surface area contributed by atoms with Crippen LogP contribution in [-0.2, 0) is 10.8 Å². The van der Waals surface area contributed by atoms with Gasteiger partial charge in [0.1, 0.15) is 0 Å². The minimum Gasteiger partial charge on any atom is -0.310 e. The smallest absolute Gasteiger partial charge is 0.0742 e. The highest BCUT2D eigenvalue weighted by Crippen LogP contribution is 2.63. The molecule has 2 aliphatic heterocycles. The largest absolute Gasteiger partial charge is 0.310 e. The van der Waals surface area contributed by atoms with Crippen LogP contribution in [0.1, 0.15) is 44.5 Å². The van der Waals surface area contributed by atoms with Gasteiger partial charge in [-0.25, -0.2) is 0 Å². The molecule has 0 bridgehead atoms. The van der Waals surface area contributed by atoms with Gasteiger partial charge < -0.3 is 18.9 Å². The third-order valence-corrected chi connectivity index (χ3v) is 27.1. The highest BCUT2D eigenvalue weighted by atomic mass is 15.2. The fraction of sp³-hybridized carbons (Fsp3) is 0.0172. The zero-order valence-corrected chi connectivity index (χ0v) is 65.4. The topological polar surface area (TPSA) is 16.3 Å². The molecule has 2 aliphatic rings. The van der Waals surface area contributed by atoms with Crippen LogP contribution < -0.4 is 9.80 Å². The Kier molecular flexibility index (Phi) is 14.1. The van der Waals surface area contributed by atoms with Crippen molar-refractivity contribution in [1.82, 2.24) is 9.13 Å². The van der Waals surface area contributed by atoms with Crippen molar-refractivity contribution in [3.8, 4) is 11.4 Å². The molecule has 4 heterocycles. The van der Waals surface area contributed by atoms with Gasteiger partial charge in [-0.1, -0.05) is 328 Å². The third-order valence-electron chi connectivity index (χ3n) is 27.1. The van der Waals surface area contributed by atoms with Gasteiger partial charge in [-0.15, -0.1) is 0 Å². The Morgan fingerprint density at radius 2 is 0.367 bits per heavy atom. The van der Waals surface area contributed by atoms with Crippen LogP contribution in [0.5, 0.6) is 0 Å². The summed E-state index contributed by atoms with van der Waals surface area (Å²) in [5.41, 5.74) is 21.6. The molecule has 4 heteroatoms. The van der Waals surface area contributed by atoms with Crippen molar-refractivity contribution in [1.29, 1.82) is 0 Å². The molecule has 0 saturated heterocycles. The average Bonchev–Trinajstić information content (AvgIpc) is 1.27. The van der Waals surface area contributed by atoms with E-state index in [1.165, 1.54) is 163 Å². The first-order chi connectivity index (χ1) is 59.6. The summed E-state index contributed by atoms with van der Waals surface area (Å²) in [6.45, 7) is 0. The molecular weight excluding hydrogens is 1450 g/mol. The van der Waals surface area contributed by atoms with Gasteiger partial charge in [0.05, 0.1) is 55.6 Å². The van der Waals surface area contributed by atoms with Crippen molar-refractivity contribution in [3.05, 3.63) is 481 Å². The molecule has 0 atom stereocenters. The minimum absolute atomic E-state index is 0.760. The molecule has 0 spiro atoms. The Morgan fingerprint density at radius 1 is 0.133 bits per heavy atom. The normalized spacial score (nSPS) is 13.6. The zero-order valence-electron chi connectivity index (χ0n) is 65.4. The molecular formula is C116H72N4. The molecule has 0 saturated carbocycles. The van der Waals surface area contributed by atoms with Gasteiger partial charge in [0.15, 0.2) is 0 Å². The van der Waals surface area contributed by atoms with Crippen LogP contribution in [0, 0.1) is 0 Å². The van der Waals surface area contributed by atoms with Crippen LogP contribution in [0.3, 0.4) is 0 Å². The maximum absolute atomic E-state index is 2.59. The fourth-order valence-electron chi connectivity index (χ4n) is 22.2. The van der Waals surface area contributed by atoms with Crippen molar-refractivity contribution in [2.24, 2.45) is 0 Å². The molecule has 4 nitrogen and oxygen atoms in total. The Bertz CT molecular complexity index is 7870. The highest BCUT2D eigenvalue weighted by Gasteiger charge is 2.49. The average molecular weight is 1520 g/mol. The van der Waals surface area contributed by atoms with E-state index in [2.05, 4.69) is 456 Å². The van der Waals surface area contributed by atoms with E-state index in [4.69, 9.17) is 0 Å². The molecule has 0 radical (unpaired) electrons. The number of anilines is 6. The first kappa shape index (κ1) is 66.6. The van der Waals surface area contributed by atoms with Gasteiger partial charge in [0.2, 0.25) is 0 Å². The zero-order chi connectivity index (χ0) is 78.5. The molecule has 0 N–H and O–H groups in total. The van der Waals surface area contributed by atoms with Crippen molar-refractivity contribution in [2.75, 3.05) is 9.80 Å². The van der Waals surface area contributed by atoms with Gasteiger partial charge >= 0.3 is 0 Å². The molecule has 26 rings (SSSR count). The SMILES string of the molecule is c1ccc(-n2c3cc4c(cc3c3cc5c6ccccc6c6ccccc6c5cc32)C(c2ccccc2)(c2ccccc2)c2ccccc2N4c2ccc3c4ccc(N5c6ccccc6C(c6ccccc6)(c6ccccc6)c6cc7c8cc9c%10ccccc%10c%10ccccc%10c9cc8n(-c8ccccc8)c7cc65)cc4c4ccccc4c3c2)cc1. The van der Waals surface area contributed by atoms with E-state index in [0.29, 0.717) is 0 Å². The number of aromatic nitrogens is 2. The summed E-state index contributed by atoms with van der Waals surface area (Å²) in [5, 5.41) is 26.9. The Hall–Kier alpha value is -15.6. The number of para-hydroxylation sites is 4. The van der Waals surface area contributed by atoms with Gasteiger partial charge in [0.25, 0.3) is 0 Å². The Labute approximate surface area is 692 Å². The van der Waals surface area contributed by atoms with Gasteiger partial charge in [0, 0.05) is 44.3 Å². The lowest BCUT2D eigenvalue weighted by Crippen LogP contribution is -2.37. The summed E-state index contributed by atoms with van der Waals surface area (Å²) in [5.74, 6) is 0. The summed E-state index contributed by atoms with van der Waals surface area (Å²) in [6, 6.07) is 166. The number of fused-ring (bicyclic) bond motifs is 28. The molecule has 0 amide bonds. The first-order valence-corrected chi connectivity index (χ1v) is 41.8. The lowest BCUT2D eigenvalue weighted by molar-refractivity contribution is 0.732. The van der Waals surface area contributed by atoms with Crippen LogP contribution in [0.15, 0.2) is 437 Å². The van der Waals surface area contributed by atoms with Crippen molar-refractivity contribution in [2.45, 2.75) is 10.8 Å². The lowest BCUT2D eigenvalue weighted by Gasteiger charge is -2.46. The van der Waals surface area contributed by atoms with E-state index >= 15 is 0 Å². The lowest BCUT2D eigenvalue weighted by atomic mass is 9.62. The minimum atomic E-state index is -0.760. The monoisotopic (exact) mass is 1520 g/mol. The predicted molar refractivity (Wildman–Crippen MR) is 506 cm³/mol. The maximum atomic E-state index is 2.59. The second-order valence-corrected chi connectivity index (χ2v) is 32.8. The van der Waals surface area contributed by atoms with Crippen LogP contribution >= 0.6 is 0 Å². The molecule has 2 aromatic heterocycles. The van der Waals surface area contributed by atoms with Gasteiger partial charge in [-0.3, -0.25) is 0 Å². The van der Waals surface area contributed by atoms with Crippen LogP contribution in [-0.4, -0.2) is 9.13 Å². The van der Waals surface area contributed by atoms with E-state index in [1.54, 1.807) is 0 Å². The Balaban J connectivity index is 0.725. The standard InChI is InChI=1S/C116H72N4/c1-7-33-73(34-8-1)115(74-35-9-2-10-36-74)103-55-29-31-57-107(103)119(113-71-111-101(67-105(113)115)99-65-95-85-49-23-19-45-81(85)83-47-21-25-51-87(83)97(95)69-109(99)117(111)77-41-15-5-16-42-77)79-59-61-91-92-62-60-80(64-94(92)90-54-28-27-53-89(90)93(91)63-79)120-108-58-32-30-56-104(108)116(75-37-11-3-12-38-75,76-39-13-4-14-40-76)106-68-102-100-66-96-86-50-24-20-46-82(86)84-48-22-26-52-88(84)98(96)70-110(100)118(112(102)72-114(106)120)78-43-17-6-18-44-78/h1-72H. The number of rotatable bonds is 8. The number of nitrogens with zero attached hydrogens (tertiary/aromatic N) is 4.